The maximum Gasteiger partial charge on any atom is 0.265 e. The van der Waals surface area contributed by atoms with Gasteiger partial charge < -0.3 is 21.1 Å². The van der Waals surface area contributed by atoms with Gasteiger partial charge in [-0.1, -0.05) is 44.2 Å². The van der Waals surface area contributed by atoms with Gasteiger partial charge in [-0.3, -0.25) is 9.59 Å². The van der Waals surface area contributed by atoms with Crippen LogP contribution in [0.25, 0.3) is 0 Å². The lowest BCUT2D eigenvalue weighted by Gasteiger charge is -2.25. The Hall–Kier alpha value is -2.86. The number of amides is 2. The number of ether oxygens (including phenoxy) is 1. The van der Waals surface area contributed by atoms with E-state index < -0.39 is 6.10 Å². The van der Waals surface area contributed by atoms with Crippen LogP contribution in [-0.2, 0) is 4.79 Å². The summed E-state index contributed by atoms with van der Waals surface area (Å²) in [6.07, 6.45) is -0.645. The smallest absolute Gasteiger partial charge is 0.265 e. The molecule has 0 aromatic heterocycles. The highest BCUT2D eigenvalue weighted by atomic mass is 16.5. The largest absolute Gasteiger partial charge is 0.478 e. The van der Waals surface area contributed by atoms with Gasteiger partial charge in [0.15, 0.2) is 11.9 Å². The van der Waals surface area contributed by atoms with Crippen LogP contribution >= 0.6 is 0 Å². The van der Waals surface area contributed by atoms with Crippen molar-refractivity contribution in [2.24, 2.45) is 5.73 Å². The number of benzene rings is 2. The third-order valence-electron chi connectivity index (χ3n) is 4.70. The second-order valence-corrected chi connectivity index (χ2v) is 7.07. The molecule has 1 heterocycles. The molecule has 6 heteroatoms. The Morgan fingerprint density at radius 3 is 2.52 bits per heavy atom. The predicted molar refractivity (Wildman–Crippen MR) is 105 cm³/mol. The molecule has 27 heavy (non-hydrogen) atoms. The van der Waals surface area contributed by atoms with E-state index in [0.29, 0.717) is 29.5 Å². The van der Waals surface area contributed by atoms with Gasteiger partial charge in [0.1, 0.15) is 0 Å². The molecule has 0 bridgehead atoms. The molecule has 2 atom stereocenters. The topological polar surface area (TPSA) is 93.4 Å². The molecule has 0 saturated heterocycles. The lowest BCUT2D eigenvalue weighted by Crippen LogP contribution is -2.36. The first-order valence-electron chi connectivity index (χ1n) is 9.11. The number of hydrogen-bond donors (Lipinski definition) is 3. The molecule has 0 radical (unpaired) electrons. The van der Waals surface area contributed by atoms with Gasteiger partial charge in [0.25, 0.3) is 11.8 Å². The quantitative estimate of drug-likeness (QED) is 0.757. The van der Waals surface area contributed by atoms with Crippen molar-refractivity contribution in [1.29, 1.82) is 0 Å². The van der Waals surface area contributed by atoms with Crippen LogP contribution in [0.15, 0.2) is 42.5 Å². The molecule has 0 aliphatic carbocycles. The van der Waals surface area contributed by atoms with E-state index in [1.165, 1.54) is 5.56 Å². The van der Waals surface area contributed by atoms with Crippen LogP contribution in [0.1, 0.15) is 54.2 Å². The van der Waals surface area contributed by atoms with Gasteiger partial charge in [0.2, 0.25) is 0 Å². The van der Waals surface area contributed by atoms with E-state index in [2.05, 4.69) is 36.6 Å². The van der Waals surface area contributed by atoms with Crippen molar-refractivity contribution in [2.75, 3.05) is 11.9 Å². The Morgan fingerprint density at radius 2 is 1.85 bits per heavy atom. The molecule has 0 spiro atoms. The monoisotopic (exact) mass is 367 g/mol. The number of fused-ring (bicyclic) bond motifs is 1. The first-order chi connectivity index (χ1) is 12.9. The average Bonchev–Trinajstić information content (AvgIpc) is 2.66. The minimum atomic E-state index is -0.645. The van der Waals surface area contributed by atoms with Gasteiger partial charge in [-0.25, -0.2) is 0 Å². The Balaban J connectivity index is 1.68. The minimum absolute atomic E-state index is 0.230. The molecule has 6 nitrogen and oxygen atoms in total. The molecule has 2 aromatic carbocycles. The highest BCUT2D eigenvalue weighted by Crippen LogP contribution is 2.33. The van der Waals surface area contributed by atoms with Crippen molar-refractivity contribution >= 4 is 17.5 Å². The normalized spacial score (nSPS) is 16.9. The third kappa shape index (κ3) is 4.11. The van der Waals surface area contributed by atoms with E-state index in [1.54, 1.807) is 25.1 Å². The molecule has 3 rings (SSSR count). The number of nitrogens with two attached hydrogens (primary N) is 1. The summed E-state index contributed by atoms with van der Waals surface area (Å²) < 4.78 is 5.62. The van der Waals surface area contributed by atoms with Crippen molar-refractivity contribution in [3.63, 3.8) is 0 Å². The summed E-state index contributed by atoms with van der Waals surface area (Å²) in [5, 5.41) is 5.60. The van der Waals surface area contributed by atoms with Gasteiger partial charge in [0, 0.05) is 12.6 Å². The van der Waals surface area contributed by atoms with Gasteiger partial charge in [-0.15, -0.1) is 0 Å². The zero-order valence-corrected chi connectivity index (χ0v) is 15.8. The first kappa shape index (κ1) is 18.9. The second kappa shape index (κ2) is 7.80. The van der Waals surface area contributed by atoms with E-state index in [0.717, 1.165) is 5.56 Å². The number of carbonyl (C=O) groups is 2. The Kier molecular flexibility index (Phi) is 5.46. The molecule has 142 valence electrons. The number of rotatable bonds is 5. The number of hydrogen-bond acceptors (Lipinski definition) is 4. The Labute approximate surface area is 159 Å². The average molecular weight is 367 g/mol. The summed E-state index contributed by atoms with van der Waals surface area (Å²) in [6, 6.07) is 12.9. The first-order valence-corrected chi connectivity index (χ1v) is 9.11. The highest BCUT2D eigenvalue weighted by Gasteiger charge is 2.27. The van der Waals surface area contributed by atoms with E-state index in [-0.39, 0.29) is 17.9 Å². The summed E-state index contributed by atoms with van der Waals surface area (Å²) in [4.78, 5) is 24.3. The van der Waals surface area contributed by atoms with Crippen LogP contribution in [-0.4, -0.2) is 24.5 Å². The van der Waals surface area contributed by atoms with Crippen LogP contribution in [0, 0.1) is 0 Å². The van der Waals surface area contributed by atoms with Gasteiger partial charge in [0.05, 0.1) is 11.3 Å². The van der Waals surface area contributed by atoms with Crippen molar-refractivity contribution in [3.05, 3.63) is 59.2 Å². The van der Waals surface area contributed by atoms with Gasteiger partial charge >= 0.3 is 0 Å². The van der Waals surface area contributed by atoms with Gasteiger partial charge in [-0.2, -0.15) is 0 Å². The van der Waals surface area contributed by atoms with Gasteiger partial charge in [-0.05, 0) is 36.1 Å². The molecule has 0 fully saturated rings. The van der Waals surface area contributed by atoms with Crippen molar-refractivity contribution in [3.8, 4) is 5.75 Å². The second-order valence-electron chi connectivity index (χ2n) is 7.07. The molecule has 2 amide bonds. The molecule has 2 aromatic rings. The van der Waals surface area contributed by atoms with E-state index in [9.17, 15) is 9.59 Å². The van der Waals surface area contributed by atoms with Crippen molar-refractivity contribution < 1.29 is 14.3 Å². The van der Waals surface area contributed by atoms with Crippen molar-refractivity contribution in [1.82, 2.24) is 5.32 Å². The Bertz CT molecular complexity index is 846. The lowest BCUT2D eigenvalue weighted by atomic mass is 9.99. The molecular formula is C21H25N3O3. The number of para-hydroxylation sites is 1. The van der Waals surface area contributed by atoms with Crippen LogP contribution in [0.4, 0.5) is 5.69 Å². The summed E-state index contributed by atoms with van der Waals surface area (Å²) in [7, 11) is 0. The molecule has 1 aliphatic heterocycles. The predicted octanol–water partition coefficient (Wildman–Crippen LogP) is 2.96. The van der Waals surface area contributed by atoms with Crippen LogP contribution in [0.5, 0.6) is 5.75 Å². The Morgan fingerprint density at radius 1 is 1.19 bits per heavy atom. The van der Waals surface area contributed by atoms with Crippen LogP contribution in [0.2, 0.25) is 0 Å². The zero-order valence-electron chi connectivity index (χ0n) is 15.8. The standard InChI is InChI=1S/C21H25N3O3/c1-12(2)14-7-9-15(10-8-14)17(22)11-23-21(26)16-5-4-6-18-19(16)27-13(3)20(25)24-18/h4-10,12-13,17H,11,22H2,1-3H3,(H,23,26)(H,24,25). The molecule has 2 unspecified atom stereocenters. The summed E-state index contributed by atoms with van der Waals surface area (Å²) in [6.45, 7) is 6.22. The minimum Gasteiger partial charge on any atom is -0.478 e. The van der Waals surface area contributed by atoms with Crippen LogP contribution in [0.3, 0.4) is 0 Å². The highest BCUT2D eigenvalue weighted by molar-refractivity contribution is 6.03. The van der Waals surface area contributed by atoms with Crippen molar-refractivity contribution in [2.45, 2.75) is 38.8 Å². The molecular weight excluding hydrogens is 342 g/mol. The molecule has 1 aliphatic rings. The maximum absolute atomic E-state index is 12.6. The number of nitrogens with one attached hydrogen (secondary N) is 2. The summed E-state index contributed by atoms with van der Waals surface area (Å²) in [5.74, 6) is 0.329. The number of carbonyl (C=O) groups excluding carboxylic acids is 2. The fourth-order valence-corrected chi connectivity index (χ4v) is 2.95. The fourth-order valence-electron chi connectivity index (χ4n) is 2.95. The fraction of sp³-hybridized carbons (Fsp3) is 0.333. The van der Waals surface area contributed by atoms with E-state index in [4.69, 9.17) is 10.5 Å². The van der Waals surface area contributed by atoms with E-state index >= 15 is 0 Å². The number of anilines is 1. The maximum atomic E-state index is 12.6. The summed E-state index contributed by atoms with van der Waals surface area (Å²) in [5.41, 5.74) is 9.31. The SMILES string of the molecule is CC1Oc2c(cccc2C(=O)NCC(N)c2ccc(C(C)C)cc2)NC1=O. The summed E-state index contributed by atoms with van der Waals surface area (Å²) >= 11 is 0. The third-order valence-corrected chi connectivity index (χ3v) is 4.70. The molecule has 4 N–H and O–H groups in total. The van der Waals surface area contributed by atoms with E-state index in [1.807, 2.05) is 12.1 Å². The van der Waals surface area contributed by atoms with Crippen LogP contribution < -0.4 is 21.1 Å². The molecule has 0 saturated carbocycles. The lowest BCUT2D eigenvalue weighted by molar-refractivity contribution is -0.122. The zero-order chi connectivity index (χ0) is 19.6.